The molecule has 0 bridgehead atoms. The number of likely N-dealkylation sites (N-methyl/N-ethyl adjacent to an activating group) is 1. The van der Waals surface area contributed by atoms with Gasteiger partial charge in [-0.25, -0.2) is 0 Å². The number of carbonyl (C=O) groups is 1. The highest BCUT2D eigenvalue weighted by Crippen LogP contribution is 2.30. The summed E-state index contributed by atoms with van der Waals surface area (Å²) in [5.74, 6) is 1.44. The van der Waals surface area contributed by atoms with E-state index in [9.17, 15) is 4.79 Å². The lowest BCUT2D eigenvalue weighted by atomic mass is 10.1. The van der Waals surface area contributed by atoms with E-state index in [1.54, 1.807) is 14.2 Å². The van der Waals surface area contributed by atoms with Crippen LogP contribution in [0.1, 0.15) is 29.2 Å². The molecular weight excluding hydrogens is 340 g/mol. The van der Waals surface area contributed by atoms with Gasteiger partial charge in [-0.05, 0) is 56.5 Å². The molecule has 1 amide bonds. The third-order valence-electron chi connectivity index (χ3n) is 5.17. The van der Waals surface area contributed by atoms with Crippen molar-refractivity contribution in [3.63, 3.8) is 0 Å². The van der Waals surface area contributed by atoms with Crippen molar-refractivity contribution in [3.8, 4) is 11.5 Å². The number of quaternary nitrogens is 1. The predicted octanol–water partition coefficient (Wildman–Crippen LogP) is 2.67. The summed E-state index contributed by atoms with van der Waals surface area (Å²) in [6.45, 7) is 8.74. The number of rotatable bonds is 7. The molecule has 0 fully saturated rings. The Bertz CT molecular complexity index is 797. The van der Waals surface area contributed by atoms with Crippen molar-refractivity contribution in [1.82, 2.24) is 0 Å². The maximum Gasteiger partial charge on any atom is 0.282 e. The highest BCUT2D eigenvalue weighted by Gasteiger charge is 2.24. The molecule has 146 valence electrons. The van der Waals surface area contributed by atoms with Crippen LogP contribution in [0.5, 0.6) is 11.5 Å². The first-order valence-electron chi connectivity index (χ1n) is 9.19. The number of aryl methyl sites for hydroxylation is 3. The zero-order valence-corrected chi connectivity index (χ0v) is 17.4. The molecule has 0 saturated carbocycles. The van der Waals surface area contributed by atoms with Gasteiger partial charge >= 0.3 is 0 Å². The standard InChI is InChI=1S/C22H30N2O3/c1-14-9-8-10-15(2)21(14)23-22(25)17(4)24(5)13-18-12-20(27-7)19(26-6)11-16(18)3/h8-12,17H,13H2,1-7H3,(H,23,25)/p+1/t17-/m0/s1. The smallest absolute Gasteiger partial charge is 0.282 e. The van der Waals surface area contributed by atoms with Crippen molar-refractivity contribution >= 4 is 11.6 Å². The van der Waals surface area contributed by atoms with Crippen LogP contribution < -0.4 is 19.7 Å². The summed E-state index contributed by atoms with van der Waals surface area (Å²) in [7, 11) is 5.30. The lowest BCUT2D eigenvalue weighted by Gasteiger charge is -2.23. The molecule has 2 atom stereocenters. The predicted molar refractivity (Wildman–Crippen MR) is 109 cm³/mol. The molecule has 1 unspecified atom stereocenters. The second-order valence-electron chi connectivity index (χ2n) is 7.13. The Labute approximate surface area is 162 Å². The Morgan fingerprint density at radius 3 is 2.15 bits per heavy atom. The number of para-hydroxylation sites is 1. The van der Waals surface area contributed by atoms with Crippen LogP contribution in [-0.4, -0.2) is 33.2 Å². The second kappa shape index (κ2) is 8.91. The van der Waals surface area contributed by atoms with Crippen LogP contribution in [0.4, 0.5) is 5.69 Å². The SMILES string of the molecule is COc1cc(C)c(C[NH+](C)[C@@H](C)C(=O)Nc2c(C)cccc2C)cc1OC. The third-order valence-corrected chi connectivity index (χ3v) is 5.17. The van der Waals surface area contributed by atoms with Gasteiger partial charge in [0.2, 0.25) is 0 Å². The fraction of sp³-hybridized carbons (Fsp3) is 0.409. The van der Waals surface area contributed by atoms with E-state index in [1.165, 1.54) is 0 Å². The summed E-state index contributed by atoms with van der Waals surface area (Å²) in [5.41, 5.74) is 5.31. The number of carbonyl (C=O) groups excluding carboxylic acids is 1. The second-order valence-corrected chi connectivity index (χ2v) is 7.13. The van der Waals surface area contributed by atoms with E-state index < -0.39 is 0 Å². The van der Waals surface area contributed by atoms with Crippen LogP contribution >= 0.6 is 0 Å². The largest absolute Gasteiger partial charge is 0.493 e. The minimum atomic E-state index is -0.198. The van der Waals surface area contributed by atoms with Crippen LogP contribution in [0, 0.1) is 20.8 Å². The average Bonchev–Trinajstić information content (AvgIpc) is 2.65. The minimum Gasteiger partial charge on any atom is -0.493 e. The van der Waals surface area contributed by atoms with Gasteiger partial charge in [0.25, 0.3) is 5.91 Å². The maximum absolute atomic E-state index is 12.8. The Morgan fingerprint density at radius 2 is 1.59 bits per heavy atom. The Hall–Kier alpha value is -2.53. The molecule has 0 heterocycles. The first-order chi connectivity index (χ1) is 12.8. The highest BCUT2D eigenvalue weighted by molar-refractivity contribution is 5.95. The summed E-state index contributed by atoms with van der Waals surface area (Å²) in [6.07, 6.45) is 0. The number of nitrogens with one attached hydrogen (secondary N) is 2. The van der Waals surface area contributed by atoms with Gasteiger partial charge in [-0.15, -0.1) is 0 Å². The minimum absolute atomic E-state index is 0.0167. The van der Waals surface area contributed by atoms with Crippen LogP contribution in [0.3, 0.4) is 0 Å². The Morgan fingerprint density at radius 1 is 1.04 bits per heavy atom. The number of ether oxygens (including phenoxy) is 2. The first kappa shape index (κ1) is 20.8. The number of hydrogen-bond acceptors (Lipinski definition) is 3. The number of anilines is 1. The van der Waals surface area contributed by atoms with Gasteiger partial charge in [0.15, 0.2) is 17.5 Å². The molecule has 0 aliphatic rings. The van der Waals surface area contributed by atoms with Gasteiger partial charge in [-0.3, -0.25) is 4.79 Å². The van der Waals surface area contributed by atoms with Gasteiger partial charge in [-0.1, -0.05) is 18.2 Å². The molecule has 0 aliphatic heterocycles. The molecule has 2 aromatic carbocycles. The lowest BCUT2D eigenvalue weighted by molar-refractivity contribution is -0.907. The van der Waals surface area contributed by atoms with Crippen molar-refractivity contribution in [2.24, 2.45) is 0 Å². The van der Waals surface area contributed by atoms with Gasteiger partial charge in [0.1, 0.15) is 6.54 Å². The van der Waals surface area contributed by atoms with Gasteiger partial charge in [0.05, 0.1) is 21.3 Å². The summed E-state index contributed by atoms with van der Waals surface area (Å²) in [4.78, 5) is 13.9. The van der Waals surface area contributed by atoms with Crippen molar-refractivity contribution in [2.45, 2.75) is 40.3 Å². The van der Waals surface area contributed by atoms with E-state index >= 15 is 0 Å². The van der Waals surface area contributed by atoms with Gasteiger partial charge < -0.3 is 19.7 Å². The van der Waals surface area contributed by atoms with Crippen molar-refractivity contribution in [1.29, 1.82) is 0 Å². The van der Waals surface area contributed by atoms with Crippen molar-refractivity contribution < 1.29 is 19.2 Å². The van der Waals surface area contributed by atoms with Crippen LogP contribution in [0.2, 0.25) is 0 Å². The third kappa shape index (κ3) is 4.80. The molecule has 2 aromatic rings. The molecule has 0 aliphatic carbocycles. The van der Waals surface area contributed by atoms with E-state index in [-0.39, 0.29) is 11.9 Å². The fourth-order valence-electron chi connectivity index (χ4n) is 3.13. The number of methoxy groups -OCH3 is 2. The Kier molecular flexibility index (Phi) is 6.86. The highest BCUT2D eigenvalue weighted by atomic mass is 16.5. The van der Waals surface area contributed by atoms with E-state index in [4.69, 9.17) is 9.47 Å². The van der Waals surface area contributed by atoms with Crippen LogP contribution in [-0.2, 0) is 11.3 Å². The summed E-state index contributed by atoms with van der Waals surface area (Å²) >= 11 is 0. The summed E-state index contributed by atoms with van der Waals surface area (Å²) < 4.78 is 10.8. The normalized spacial score (nSPS) is 13.0. The molecule has 0 radical (unpaired) electrons. The first-order valence-corrected chi connectivity index (χ1v) is 9.19. The van der Waals surface area contributed by atoms with Gasteiger partial charge in [0, 0.05) is 11.3 Å². The number of benzene rings is 2. The monoisotopic (exact) mass is 371 g/mol. The summed E-state index contributed by atoms with van der Waals surface area (Å²) in [5, 5.41) is 3.10. The topological polar surface area (TPSA) is 52.0 Å². The lowest BCUT2D eigenvalue weighted by Crippen LogP contribution is -3.12. The van der Waals surface area contributed by atoms with E-state index in [0.717, 1.165) is 38.6 Å². The van der Waals surface area contributed by atoms with Crippen molar-refractivity contribution in [3.05, 3.63) is 52.6 Å². The Balaban J connectivity index is 2.13. The molecule has 27 heavy (non-hydrogen) atoms. The summed E-state index contributed by atoms with van der Waals surface area (Å²) in [6, 6.07) is 9.79. The fourth-order valence-corrected chi connectivity index (χ4v) is 3.13. The molecule has 2 N–H and O–H groups in total. The number of amides is 1. The number of hydrogen-bond donors (Lipinski definition) is 2. The average molecular weight is 372 g/mol. The maximum atomic E-state index is 12.8. The molecule has 0 aromatic heterocycles. The molecule has 5 heteroatoms. The molecular formula is C22H31N2O3+. The zero-order chi connectivity index (χ0) is 20.1. The van der Waals surface area contributed by atoms with E-state index in [1.807, 2.05) is 65.1 Å². The van der Waals surface area contributed by atoms with Crippen molar-refractivity contribution in [2.75, 3.05) is 26.6 Å². The van der Waals surface area contributed by atoms with E-state index in [0.29, 0.717) is 12.3 Å². The molecule has 0 saturated heterocycles. The quantitative estimate of drug-likeness (QED) is 0.787. The van der Waals surface area contributed by atoms with Crippen LogP contribution in [0.15, 0.2) is 30.3 Å². The molecule has 0 spiro atoms. The zero-order valence-electron chi connectivity index (χ0n) is 17.4. The molecule has 5 nitrogen and oxygen atoms in total. The van der Waals surface area contributed by atoms with Crippen LogP contribution in [0.25, 0.3) is 0 Å². The molecule has 2 rings (SSSR count). The van der Waals surface area contributed by atoms with E-state index in [2.05, 4.69) is 5.32 Å². The van der Waals surface area contributed by atoms with Gasteiger partial charge in [-0.2, -0.15) is 0 Å².